The lowest BCUT2D eigenvalue weighted by atomic mass is 9.86. The van der Waals surface area contributed by atoms with Gasteiger partial charge in [-0.25, -0.2) is 27.3 Å². The number of halogens is 7. The number of carbonyl (C=O) groups excluding carboxylic acids is 1. The van der Waals surface area contributed by atoms with Crippen molar-refractivity contribution in [2.24, 2.45) is 15.8 Å². The molecule has 5 rings (SSSR count). The van der Waals surface area contributed by atoms with Crippen LogP contribution in [0.5, 0.6) is 0 Å². The van der Waals surface area contributed by atoms with Crippen molar-refractivity contribution in [3.63, 3.8) is 0 Å². The minimum atomic E-state index is -4.79. The molecule has 2 aromatic carbocycles. The fourth-order valence-corrected chi connectivity index (χ4v) is 5.11. The highest BCUT2D eigenvalue weighted by molar-refractivity contribution is 6.00. The quantitative estimate of drug-likeness (QED) is 0.422. The Labute approximate surface area is 234 Å². The molecule has 0 aliphatic carbocycles. The number of hydrogen-bond acceptors (Lipinski definition) is 7. The topological polar surface area (TPSA) is 108 Å². The molecule has 224 valence electrons. The van der Waals surface area contributed by atoms with Gasteiger partial charge in [0.15, 0.2) is 0 Å². The molecule has 2 atom stereocenters. The molecule has 9 nitrogen and oxygen atoms in total. The maximum atomic E-state index is 15.2. The summed E-state index contributed by atoms with van der Waals surface area (Å²) >= 11 is 0. The number of benzene rings is 2. The van der Waals surface area contributed by atoms with Crippen LogP contribution >= 0.6 is 0 Å². The van der Waals surface area contributed by atoms with Crippen LogP contribution in [0.1, 0.15) is 17.0 Å². The van der Waals surface area contributed by atoms with Gasteiger partial charge >= 0.3 is 12.2 Å². The number of rotatable bonds is 6. The lowest BCUT2D eigenvalue weighted by molar-refractivity contribution is -0.137. The van der Waals surface area contributed by atoms with Crippen LogP contribution in [-0.2, 0) is 10.9 Å². The van der Waals surface area contributed by atoms with Crippen LogP contribution in [0.2, 0.25) is 0 Å². The molecule has 0 bridgehead atoms. The molecule has 1 saturated heterocycles. The first kappa shape index (κ1) is 29.3. The van der Waals surface area contributed by atoms with Gasteiger partial charge in [-0.2, -0.15) is 18.3 Å². The van der Waals surface area contributed by atoms with E-state index in [4.69, 9.17) is 10.5 Å². The number of aliphatic imine (C=N–C) groups is 1. The predicted octanol–water partition coefficient (Wildman–Crippen LogP) is 4.56. The molecule has 0 aromatic heterocycles. The zero-order valence-electron chi connectivity index (χ0n) is 21.6. The first-order valence-corrected chi connectivity index (χ1v) is 12.6. The maximum absolute atomic E-state index is 15.2. The van der Waals surface area contributed by atoms with Crippen molar-refractivity contribution in [2.45, 2.75) is 24.6 Å². The standard InChI is InChI=1S/C26H24F7N7O2/c27-15-3-2-14(26(31,32)33)10-18(15)38-25(41)37-17-4-1-13(9-16(17)28)20-21(23(29)30)19(11-39-5-7-42-8-6-39)40-22(20)24(34)35-12-36-40/h1-4,9-10,12,20,22-23H,5-8,11H2,(H2,34,35,36)(H2,37,38,41). The minimum absolute atomic E-state index is 0.00442. The van der Waals surface area contributed by atoms with Crippen LogP contribution in [-0.4, -0.2) is 73.4 Å². The third-order valence-corrected chi connectivity index (χ3v) is 7.06. The number of nitrogens with one attached hydrogen (secondary N) is 2. The summed E-state index contributed by atoms with van der Waals surface area (Å²) < 4.78 is 103. The number of amides is 2. The Hall–Kier alpha value is -4.18. The van der Waals surface area contributed by atoms with Crippen LogP contribution < -0.4 is 16.4 Å². The second-order valence-corrected chi connectivity index (χ2v) is 9.65. The van der Waals surface area contributed by atoms with Gasteiger partial charge in [-0.3, -0.25) is 9.91 Å². The summed E-state index contributed by atoms with van der Waals surface area (Å²) in [5.74, 6) is -3.33. The summed E-state index contributed by atoms with van der Waals surface area (Å²) in [6, 6.07) is 2.58. The fraction of sp³-hybridized carbons (Fsp3) is 0.346. The maximum Gasteiger partial charge on any atom is 0.416 e. The van der Waals surface area contributed by atoms with Crippen LogP contribution in [0.3, 0.4) is 0 Å². The van der Waals surface area contributed by atoms with E-state index in [1.54, 1.807) is 0 Å². The molecule has 0 spiro atoms. The lowest BCUT2D eigenvalue weighted by Crippen LogP contribution is -2.46. The van der Waals surface area contributed by atoms with E-state index >= 15 is 4.39 Å². The number of ether oxygens (including phenoxy) is 1. The Morgan fingerprint density at radius 3 is 2.43 bits per heavy atom. The Bertz CT molecular complexity index is 1450. The lowest BCUT2D eigenvalue weighted by Gasteiger charge is -2.32. The summed E-state index contributed by atoms with van der Waals surface area (Å²) in [4.78, 5) is 18.3. The zero-order chi connectivity index (χ0) is 30.2. The van der Waals surface area contributed by atoms with Gasteiger partial charge < -0.3 is 21.1 Å². The molecule has 0 saturated carbocycles. The molecule has 4 N–H and O–H groups in total. The van der Waals surface area contributed by atoms with E-state index in [-0.39, 0.29) is 29.2 Å². The van der Waals surface area contributed by atoms with E-state index in [1.807, 2.05) is 10.2 Å². The van der Waals surface area contributed by atoms with Crippen molar-refractivity contribution >= 4 is 29.6 Å². The van der Waals surface area contributed by atoms with Crippen molar-refractivity contribution in [1.29, 1.82) is 0 Å². The van der Waals surface area contributed by atoms with Crippen molar-refractivity contribution in [2.75, 3.05) is 43.5 Å². The van der Waals surface area contributed by atoms with Gasteiger partial charge in [0.2, 0.25) is 0 Å². The molecule has 16 heteroatoms. The Kier molecular flexibility index (Phi) is 8.10. The van der Waals surface area contributed by atoms with Gasteiger partial charge in [0.25, 0.3) is 6.43 Å². The average molecular weight is 600 g/mol. The van der Waals surface area contributed by atoms with E-state index in [1.165, 1.54) is 11.1 Å². The molecule has 3 heterocycles. The number of carbonyl (C=O) groups is 1. The highest BCUT2D eigenvalue weighted by atomic mass is 19.4. The molecule has 3 aliphatic heterocycles. The Morgan fingerprint density at radius 2 is 1.76 bits per heavy atom. The van der Waals surface area contributed by atoms with E-state index in [0.717, 1.165) is 18.5 Å². The first-order valence-electron chi connectivity index (χ1n) is 12.6. The SMILES string of the molecule is NC1=NC=NN2C(CN3CCOCC3)=C(C(F)F)C(c3ccc(NC(=O)Nc4cc(C(F)(F)F)ccc4F)c(F)c3)C12. The summed E-state index contributed by atoms with van der Waals surface area (Å²) in [5.41, 5.74) is 3.70. The Balaban J connectivity index is 1.41. The van der Waals surface area contributed by atoms with Crippen LogP contribution in [0.4, 0.5) is 46.9 Å². The first-order chi connectivity index (χ1) is 19.9. The predicted molar refractivity (Wildman–Crippen MR) is 139 cm³/mol. The number of fused-ring (bicyclic) bond motifs is 1. The minimum Gasteiger partial charge on any atom is -0.385 e. The normalized spacial score (nSPS) is 21.0. The molecule has 1 fully saturated rings. The van der Waals surface area contributed by atoms with Crippen LogP contribution in [0, 0.1) is 11.6 Å². The van der Waals surface area contributed by atoms with Crippen LogP contribution in [0.15, 0.2) is 57.8 Å². The van der Waals surface area contributed by atoms with Crippen molar-refractivity contribution < 1.29 is 40.3 Å². The molecule has 2 amide bonds. The second kappa shape index (κ2) is 11.6. The molecule has 0 radical (unpaired) electrons. The van der Waals surface area contributed by atoms with Gasteiger partial charge in [0.1, 0.15) is 29.9 Å². The van der Waals surface area contributed by atoms with Crippen molar-refractivity contribution in [3.05, 3.63) is 70.4 Å². The number of urea groups is 1. The highest BCUT2D eigenvalue weighted by Gasteiger charge is 2.48. The number of nitrogens with zero attached hydrogens (tertiary/aromatic N) is 4. The van der Waals surface area contributed by atoms with Gasteiger partial charge in [-0.15, -0.1) is 0 Å². The third-order valence-electron chi connectivity index (χ3n) is 7.06. The van der Waals surface area contributed by atoms with Gasteiger partial charge in [0.05, 0.1) is 35.8 Å². The van der Waals surface area contributed by atoms with Gasteiger partial charge in [-0.1, -0.05) is 6.07 Å². The van der Waals surface area contributed by atoms with E-state index in [0.29, 0.717) is 44.5 Å². The molecule has 3 aliphatic rings. The zero-order valence-corrected chi connectivity index (χ0v) is 21.6. The van der Waals surface area contributed by atoms with Gasteiger partial charge in [0, 0.05) is 31.1 Å². The van der Waals surface area contributed by atoms with Gasteiger partial charge in [-0.05, 0) is 35.9 Å². The summed E-state index contributed by atoms with van der Waals surface area (Å²) in [6.45, 7) is 2.01. The largest absolute Gasteiger partial charge is 0.416 e. The molecular weight excluding hydrogens is 575 g/mol. The second-order valence-electron chi connectivity index (χ2n) is 9.65. The average Bonchev–Trinajstić information content (AvgIpc) is 3.26. The van der Waals surface area contributed by atoms with Crippen LogP contribution in [0.25, 0.3) is 0 Å². The number of morpholine rings is 1. The number of hydrogen-bond donors (Lipinski definition) is 3. The third kappa shape index (κ3) is 5.90. The van der Waals surface area contributed by atoms with Crippen molar-refractivity contribution in [1.82, 2.24) is 9.91 Å². The van der Waals surface area contributed by atoms with E-state index in [9.17, 15) is 31.1 Å². The van der Waals surface area contributed by atoms with E-state index < -0.39 is 59.2 Å². The smallest absolute Gasteiger partial charge is 0.385 e. The highest BCUT2D eigenvalue weighted by Crippen LogP contribution is 2.45. The summed E-state index contributed by atoms with van der Waals surface area (Å²) in [7, 11) is 0. The molecule has 2 unspecified atom stereocenters. The number of anilines is 2. The number of nitrogens with two attached hydrogens (primary N) is 1. The molecular formula is C26H24F7N7O2. The van der Waals surface area contributed by atoms with Crippen molar-refractivity contribution in [3.8, 4) is 0 Å². The monoisotopic (exact) mass is 599 g/mol. The number of amidine groups is 1. The molecule has 2 aromatic rings. The number of alkyl halides is 5. The Morgan fingerprint density at radius 1 is 1.05 bits per heavy atom. The molecule has 42 heavy (non-hydrogen) atoms. The van der Waals surface area contributed by atoms with E-state index in [2.05, 4.69) is 15.4 Å². The summed E-state index contributed by atoms with van der Waals surface area (Å²) in [5, 5.41) is 9.54. The fourth-order valence-electron chi connectivity index (χ4n) is 5.11. The number of hydrazone groups is 1. The summed E-state index contributed by atoms with van der Waals surface area (Å²) in [6.07, 6.45) is -6.59.